The van der Waals surface area contributed by atoms with Crippen LogP contribution in [0.25, 0.3) is 0 Å². The van der Waals surface area contributed by atoms with Crippen molar-refractivity contribution in [2.45, 2.75) is 33.3 Å². The summed E-state index contributed by atoms with van der Waals surface area (Å²) in [4.78, 5) is 22.8. The summed E-state index contributed by atoms with van der Waals surface area (Å²) in [6.07, 6.45) is 1.23. The van der Waals surface area contributed by atoms with Crippen LogP contribution >= 0.6 is 0 Å². The highest BCUT2D eigenvalue weighted by atomic mass is 16.5. The molecule has 1 rings (SSSR count). The molecule has 0 aromatic heterocycles. The third-order valence-corrected chi connectivity index (χ3v) is 2.78. The highest BCUT2D eigenvalue weighted by Crippen LogP contribution is 2.17. The van der Waals surface area contributed by atoms with Gasteiger partial charge in [0.1, 0.15) is 0 Å². The Morgan fingerprint density at radius 1 is 1.30 bits per heavy atom. The number of carbonyl (C=O) groups excluding carboxylic acids is 1. The van der Waals surface area contributed by atoms with E-state index < -0.39 is 5.97 Å². The van der Waals surface area contributed by atoms with Crippen molar-refractivity contribution < 1.29 is 19.4 Å². The van der Waals surface area contributed by atoms with Gasteiger partial charge in [-0.25, -0.2) is 4.79 Å². The van der Waals surface area contributed by atoms with E-state index in [1.807, 2.05) is 0 Å². The number of anilines is 1. The van der Waals surface area contributed by atoms with Crippen LogP contribution in [-0.4, -0.2) is 24.1 Å². The van der Waals surface area contributed by atoms with Gasteiger partial charge in [0, 0.05) is 19.2 Å². The lowest BCUT2D eigenvalue weighted by atomic mass is 10.1. The fourth-order valence-electron chi connectivity index (χ4n) is 1.78. The summed E-state index contributed by atoms with van der Waals surface area (Å²) in [5, 5.41) is 11.8. The molecule has 5 nitrogen and oxygen atoms in total. The summed E-state index contributed by atoms with van der Waals surface area (Å²) < 4.78 is 5.00. The van der Waals surface area contributed by atoms with Gasteiger partial charge in [0.15, 0.2) is 0 Å². The number of nitrogens with one attached hydrogen (secondary N) is 1. The molecule has 1 amide bonds. The summed E-state index contributed by atoms with van der Waals surface area (Å²) in [6.45, 7) is 4.40. The summed E-state index contributed by atoms with van der Waals surface area (Å²) in [6, 6.07) is 4.72. The molecular weight excluding hydrogens is 258 g/mol. The van der Waals surface area contributed by atoms with Crippen LogP contribution in [0.1, 0.15) is 42.6 Å². The monoisotopic (exact) mass is 279 g/mol. The number of carboxylic acids is 1. The van der Waals surface area contributed by atoms with Crippen LogP contribution < -0.4 is 5.32 Å². The van der Waals surface area contributed by atoms with E-state index in [2.05, 4.69) is 19.2 Å². The van der Waals surface area contributed by atoms with Crippen molar-refractivity contribution in [1.29, 1.82) is 0 Å². The van der Waals surface area contributed by atoms with Crippen molar-refractivity contribution in [2.75, 3.05) is 12.4 Å². The third kappa shape index (κ3) is 5.40. The van der Waals surface area contributed by atoms with E-state index in [-0.39, 0.29) is 11.5 Å². The topological polar surface area (TPSA) is 75.6 Å². The normalized spacial score (nSPS) is 10.6. The van der Waals surface area contributed by atoms with Crippen molar-refractivity contribution in [3.05, 3.63) is 29.3 Å². The molecule has 0 spiro atoms. The van der Waals surface area contributed by atoms with Gasteiger partial charge >= 0.3 is 5.97 Å². The minimum Gasteiger partial charge on any atom is -0.478 e. The molecule has 1 aromatic rings. The van der Waals surface area contributed by atoms with Crippen LogP contribution in [-0.2, 0) is 16.1 Å². The molecule has 110 valence electrons. The molecule has 0 heterocycles. The Kier molecular flexibility index (Phi) is 6.18. The standard InChI is InChI=1S/C15H21NO4/c1-10(2)4-5-14(17)16-13-7-11(9-20-3)6-12(8-13)15(18)19/h6-8,10H,4-5,9H2,1-3H3,(H,16,17)(H,18,19). The number of ether oxygens (including phenoxy) is 1. The Balaban J connectivity index is 2.82. The van der Waals surface area contributed by atoms with Crippen LogP contribution in [0.15, 0.2) is 18.2 Å². The van der Waals surface area contributed by atoms with E-state index in [1.165, 1.54) is 19.2 Å². The van der Waals surface area contributed by atoms with E-state index in [0.29, 0.717) is 30.2 Å². The number of carbonyl (C=O) groups is 2. The molecule has 0 aliphatic carbocycles. The first kappa shape index (κ1) is 16.2. The second-order valence-corrected chi connectivity index (χ2v) is 5.14. The van der Waals surface area contributed by atoms with E-state index in [9.17, 15) is 9.59 Å². The number of amides is 1. The van der Waals surface area contributed by atoms with Crippen LogP contribution in [0.5, 0.6) is 0 Å². The summed E-state index contributed by atoms with van der Waals surface area (Å²) in [5.74, 6) is -0.680. The Bertz CT molecular complexity index is 483. The number of carboxylic acid groups (broad SMARTS) is 1. The largest absolute Gasteiger partial charge is 0.478 e. The van der Waals surface area contributed by atoms with Gasteiger partial charge in [-0.05, 0) is 36.1 Å². The molecule has 20 heavy (non-hydrogen) atoms. The molecule has 0 unspecified atom stereocenters. The zero-order valence-electron chi connectivity index (χ0n) is 12.1. The maximum absolute atomic E-state index is 11.8. The van der Waals surface area contributed by atoms with Crippen LogP contribution in [0.3, 0.4) is 0 Å². The fraction of sp³-hybridized carbons (Fsp3) is 0.467. The molecule has 0 fully saturated rings. The van der Waals surface area contributed by atoms with Gasteiger partial charge in [0.05, 0.1) is 12.2 Å². The second-order valence-electron chi connectivity index (χ2n) is 5.14. The SMILES string of the molecule is COCc1cc(NC(=O)CCC(C)C)cc(C(=O)O)c1. The number of hydrogen-bond acceptors (Lipinski definition) is 3. The number of benzene rings is 1. The minimum atomic E-state index is -1.03. The fourth-order valence-corrected chi connectivity index (χ4v) is 1.78. The molecule has 0 radical (unpaired) electrons. The molecule has 0 bridgehead atoms. The van der Waals surface area contributed by atoms with Crippen LogP contribution in [0.2, 0.25) is 0 Å². The molecule has 0 atom stereocenters. The van der Waals surface area contributed by atoms with Crippen molar-refractivity contribution in [1.82, 2.24) is 0 Å². The van der Waals surface area contributed by atoms with Gasteiger partial charge in [0.2, 0.25) is 5.91 Å². The van der Waals surface area contributed by atoms with E-state index in [1.54, 1.807) is 6.07 Å². The number of rotatable bonds is 7. The van der Waals surface area contributed by atoms with Crippen LogP contribution in [0.4, 0.5) is 5.69 Å². The Morgan fingerprint density at radius 2 is 2.00 bits per heavy atom. The zero-order valence-corrected chi connectivity index (χ0v) is 12.1. The third-order valence-electron chi connectivity index (χ3n) is 2.78. The number of aromatic carboxylic acids is 1. The smallest absolute Gasteiger partial charge is 0.335 e. The Morgan fingerprint density at radius 3 is 2.55 bits per heavy atom. The molecule has 0 saturated carbocycles. The Labute approximate surface area is 118 Å². The van der Waals surface area contributed by atoms with E-state index >= 15 is 0 Å². The van der Waals surface area contributed by atoms with E-state index in [4.69, 9.17) is 9.84 Å². The minimum absolute atomic E-state index is 0.107. The van der Waals surface area contributed by atoms with Crippen molar-refractivity contribution in [2.24, 2.45) is 5.92 Å². The van der Waals surface area contributed by atoms with Gasteiger partial charge in [-0.1, -0.05) is 13.8 Å². The maximum Gasteiger partial charge on any atom is 0.335 e. The van der Waals surface area contributed by atoms with Crippen molar-refractivity contribution >= 4 is 17.6 Å². The zero-order chi connectivity index (χ0) is 15.1. The summed E-state index contributed by atoms with van der Waals surface area (Å²) in [7, 11) is 1.54. The molecule has 5 heteroatoms. The number of methoxy groups -OCH3 is 1. The Hall–Kier alpha value is -1.88. The van der Waals surface area contributed by atoms with Gasteiger partial charge in [-0.15, -0.1) is 0 Å². The molecular formula is C15H21NO4. The first-order chi connectivity index (χ1) is 9.42. The molecule has 0 aliphatic heterocycles. The first-order valence-corrected chi connectivity index (χ1v) is 6.58. The lowest BCUT2D eigenvalue weighted by Crippen LogP contribution is -2.13. The predicted octanol–water partition coefficient (Wildman–Crippen LogP) is 2.91. The lowest BCUT2D eigenvalue weighted by molar-refractivity contribution is -0.116. The molecule has 0 saturated heterocycles. The van der Waals surface area contributed by atoms with Crippen molar-refractivity contribution in [3.8, 4) is 0 Å². The molecule has 0 aliphatic rings. The first-order valence-electron chi connectivity index (χ1n) is 6.58. The van der Waals surface area contributed by atoms with E-state index in [0.717, 1.165) is 6.42 Å². The van der Waals surface area contributed by atoms with Gasteiger partial charge < -0.3 is 15.2 Å². The average Bonchev–Trinajstić information content (AvgIpc) is 2.36. The average molecular weight is 279 g/mol. The summed E-state index contributed by atoms with van der Waals surface area (Å²) >= 11 is 0. The quantitative estimate of drug-likeness (QED) is 0.804. The van der Waals surface area contributed by atoms with Crippen molar-refractivity contribution in [3.63, 3.8) is 0 Å². The maximum atomic E-state index is 11.8. The predicted molar refractivity (Wildman–Crippen MR) is 76.8 cm³/mol. The van der Waals surface area contributed by atoms with Crippen LogP contribution in [0, 0.1) is 5.92 Å². The molecule has 2 N–H and O–H groups in total. The number of hydrogen-bond donors (Lipinski definition) is 2. The molecule has 1 aromatic carbocycles. The lowest BCUT2D eigenvalue weighted by Gasteiger charge is -2.10. The van der Waals surface area contributed by atoms with Gasteiger partial charge in [-0.3, -0.25) is 4.79 Å². The van der Waals surface area contributed by atoms with Gasteiger partial charge in [0.25, 0.3) is 0 Å². The summed E-state index contributed by atoms with van der Waals surface area (Å²) in [5.41, 5.74) is 1.34. The highest BCUT2D eigenvalue weighted by Gasteiger charge is 2.10. The highest BCUT2D eigenvalue weighted by molar-refractivity contribution is 5.94. The second kappa shape index (κ2) is 7.65. The van der Waals surface area contributed by atoms with Gasteiger partial charge in [-0.2, -0.15) is 0 Å².